The van der Waals surface area contributed by atoms with Gasteiger partial charge in [-0.25, -0.2) is 0 Å². The van der Waals surface area contributed by atoms with Gasteiger partial charge in [-0.15, -0.1) is 11.6 Å². The van der Waals surface area contributed by atoms with Crippen molar-refractivity contribution in [1.29, 1.82) is 0 Å². The Hall–Kier alpha value is 0.120. The molecule has 1 aliphatic heterocycles. The van der Waals surface area contributed by atoms with Crippen LogP contribution in [0.3, 0.4) is 0 Å². The summed E-state index contributed by atoms with van der Waals surface area (Å²) in [6, 6.07) is 0. The molecule has 1 rings (SSSR count). The third-order valence-corrected chi connectivity index (χ3v) is 1.60. The summed E-state index contributed by atoms with van der Waals surface area (Å²) in [6.07, 6.45) is 3.22. The number of halogens is 2. The second kappa shape index (κ2) is 1.93. The molecule has 0 aromatic carbocycles. The summed E-state index contributed by atoms with van der Waals surface area (Å²) in [5.74, 6) is 0. The van der Waals surface area contributed by atoms with E-state index < -0.39 is 0 Å². The molecule has 0 aromatic heterocycles. The number of hydrogen-bond donors (Lipinski definition) is 0. The van der Waals surface area contributed by atoms with E-state index in [2.05, 4.69) is 0 Å². The molecule has 3 heteroatoms. The molecule has 0 N–H and O–H groups in total. The molecule has 2 atom stereocenters. The van der Waals surface area contributed by atoms with Gasteiger partial charge in [0.2, 0.25) is 0 Å². The number of alkyl halides is 2. The zero-order chi connectivity index (χ0) is 5.28. The molecule has 0 radical (unpaired) electrons. The minimum atomic E-state index is -0.360. The molecule has 0 bridgehead atoms. The summed E-state index contributed by atoms with van der Waals surface area (Å²) in [6.45, 7) is 0. The minimum Gasteiger partial charge on any atom is -0.481 e. The van der Waals surface area contributed by atoms with Crippen molar-refractivity contribution in [2.75, 3.05) is 0 Å². The van der Waals surface area contributed by atoms with Crippen molar-refractivity contribution >= 4 is 23.2 Å². The first kappa shape index (κ1) is 5.26. The Kier molecular flexibility index (Phi) is 1.45. The van der Waals surface area contributed by atoms with Gasteiger partial charge in [0.05, 0.1) is 6.26 Å². The average Bonchev–Trinajstić information content (AvgIpc) is 1.91. The van der Waals surface area contributed by atoms with Gasteiger partial charge in [0.25, 0.3) is 0 Å². The maximum Gasteiger partial charge on any atom is 0.191 e. The smallest absolute Gasteiger partial charge is 0.191 e. The fraction of sp³-hybridized carbons (Fsp3) is 0.500. The summed E-state index contributed by atoms with van der Waals surface area (Å²) in [7, 11) is 0. The molecule has 0 saturated heterocycles. The second-order valence-corrected chi connectivity index (χ2v) is 2.19. The van der Waals surface area contributed by atoms with Gasteiger partial charge in [-0.2, -0.15) is 0 Å². The van der Waals surface area contributed by atoms with E-state index in [-0.39, 0.29) is 10.9 Å². The molecule has 0 saturated carbocycles. The van der Waals surface area contributed by atoms with Crippen LogP contribution in [0.5, 0.6) is 0 Å². The Balaban J connectivity index is 2.45. The predicted octanol–water partition coefficient (Wildman–Crippen LogP) is 1.70. The van der Waals surface area contributed by atoms with Crippen LogP contribution in [0.1, 0.15) is 0 Å². The van der Waals surface area contributed by atoms with E-state index in [0.29, 0.717) is 0 Å². The highest BCUT2D eigenvalue weighted by atomic mass is 35.5. The average molecular weight is 139 g/mol. The van der Waals surface area contributed by atoms with Crippen molar-refractivity contribution in [2.45, 2.75) is 10.9 Å². The molecular weight excluding hydrogens is 135 g/mol. The summed E-state index contributed by atoms with van der Waals surface area (Å²) in [5, 5.41) is -0.151. The summed E-state index contributed by atoms with van der Waals surface area (Å²) in [5.41, 5.74) is -0.360. The Morgan fingerprint density at radius 2 is 2.14 bits per heavy atom. The molecule has 0 spiro atoms. The van der Waals surface area contributed by atoms with Gasteiger partial charge in [-0.1, -0.05) is 11.6 Å². The second-order valence-electron chi connectivity index (χ2n) is 1.26. The van der Waals surface area contributed by atoms with Gasteiger partial charge >= 0.3 is 0 Å². The van der Waals surface area contributed by atoms with Crippen molar-refractivity contribution in [3.63, 3.8) is 0 Å². The SMILES string of the molecule is ClC1C=COC1Cl. The topological polar surface area (TPSA) is 9.23 Å². The lowest BCUT2D eigenvalue weighted by Crippen LogP contribution is -2.06. The highest BCUT2D eigenvalue weighted by Crippen LogP contribution is 2.18. The van der Waals surface area contributed by atoms with Crippen LogP contribution in [0.25, 0.3) is 0 Å². The minimum absolute atomic E-state index is 0.151. The van der Waals surface area contributed by atoms with Crippen LogP contribution >= 0.6 is 23.2 Å². The number of hydrogen-bond acceptors (Lipinski definition) is 1. The first-order valence-corrected chi connectivity index (χ1v) is 2.78. The van der Waals surface area contributed by atoms with Crippen LogP contribution in [0.2, 0.25) is 0 Å². The van der Waals surface area contributed by atoms with Crippen LogP contribution in [-0.4, -0.2) is 10.9 Å². The first-order chi connectivity index (χ1) is 3.30. The van der Waals surface area contributed by atoms with Crippen LogP contribution in [-0.2, 0) is 4.74 Å². The molecule has 7 heavy (non-hydrogen) atoms. The molecule has 0 aromatic rings. The molecule has 0 fully saturated rings. The lowest BCUT2D eigenvalue weighted by atomic mass is 10.5. The Bertz CT molecular complexity index is 91.7. The normalized spacial score (nSPS) is 38.6. The lowest BCUT2D eigenvalue weighted by Gasteiger charge is -2.01. The summed E-state index contributed by atoms with van der Waals surface area (Å²) in [4.78, 5) is 0. The number of rotatable bonds is 0. The third-order valence-electron chi connectivity index (χ3n) is 0.721. The maximum atomic E-state index is 5.52. The molecule has 1 aliphatic rings. The van der Waals surface area contributed by atoms with Crippen molar-refractivity contribution < 1.29 is 4.74 Å². The lowest BCUT2D eigenvalue weighted by molar-refractivity contribution is 0.246. The molecule has 1 heterocycles. The van der Waals surface area contributed by atoms with Crippen molar-refractivity contribution in [3.05, 3.63) is 12.3 Å². The van der Waals surface area contributed by atoms with Crippen molar-refractivity contribution in [2.24, 2.45) is 0 Å². The monoisotopic (exact) mass is 138 g/mol. The van der Waals surface area contributed by atoms with E-state index in [1.807, 2.05) is 0 Å². The molecule has 2 unspecified atom stereocenters. The van der Waals surface area contributed by atoms with Crippen LogP contribution in [0.4, 0.5) is 0 Å². The van der Waals surface area contributed by atoms with E-state index in [4.69, 9.17) is 27.9 Å². The van der Waals surface area contributed by atoms with Gasteiger partial charge < -0.3 is 4.74 Å². The van der Waals surface area contributed by atoms with Crippen LogP contribution < -0.4 is 0 Å². The van der Waals surface area contributed by atoms with E-state index in [1.54, 1.807) is 6.08 Å². The number of ether oxygens (including phenoxy) is 1. The van der Waals surface area contributed by atoms with Gasteiger partial charge in [-0.05, 0) is 6.08 Å². The zero-order valence-corrected chi connectivity index (χ0v) is 4.99. The highest BCUT2D eigenvalue weighted by Gasteiger charge is 2.17. The summed E-state index contributed by atoms with van der Waals surface area (Å²) >= 11 is 11.0. The predicted molar refractivity (Wildman–Crippen MR) is 29.5 cm³/mol. The maximum absolute atomic E-state index is 5.52. The molecule has 1 nitrogen and oxygen atoms in total. The van der Waals surface area contributed by atoms with Crippen molar-refractivity contribution in [1.82, 2.24) is 0 Å². The zero-order valence-electron chi connectivity index (χ0n) is 3.47. The van der Waals surface area contributed by atoms with Gasteiger partial charge in [0.1, 0.15) is 5.38 Å². The van der Waals surface area contributed by atoms with E-state index >= 15 is 0 Å². The third kappa shape index (κ3) is 1.01. The fourth-order valence-corrected chi connectivity index (χ4v) is 0.620. The van der Waals surface area contributed by atoms with E-state index in [0.717, 1.165) is 0 Å². The molecule has 40 valence electrons. The molecule has 0 aliphatic carbocycles. The van der Waals surface area contributed by atoms with Gasteiger partial charge in [-0.3, -0.25) is 0 Å². The van der Waals surface area contributed by atoms with Gasteiger partial charge in [0, 0.05) is 0 Å². The van der Waals surface area contributed by atoms with Crippen LogP contribution in [0, 0.1) is 0 Å². The van der Waals surface area contributed by atoms with Gasteiger partial charge in [0.15, 0.2) is 5.56 Å². The Morgan fingerprint density at radius 1 is 1.43 bits per heavy atom. The quantitative estimate of drug-likeness (QED) is 0.464. The Morgan fingerprint density at radius 3 is 2.29 bits per heavy atom. The standard InChI is InChI=1S/C4H4Cl2O/c5-3-1-2-7-4(3)6/h1-4H. The Labute approximate surface area is 51.9 Å². The highest BCUT2D eigenvalue weighted by molar-refractivity contribution is 6.30. The first-order valence-electron chi connectivity index (χ1n) is 1.91. The molecule has 0 amide bonds. The fourth-order valence-electron chi connectivity index (χ4n) is 0.358. The summed E-state index contributed by atoms with van der Waals surface area (Å²) < 4.78 is 4.72. The van der Waals surface area contributed by atoms with Crippen LogP contribution in [0.15, 0.2) is 12.3 Å². The van der Waals surface area contributed by atoms with E-state index in [1.165, 1.54) is 6.26 Å². The largest absolute Gasteiger partial charge is 0.481 e. The van der Waals surface area contributed by atoms with Crippen molar-refractivity contribution in [3.8, 4) is 0 Å². The molecular formula is C4H4Cl2O. The van der Waals surface area contributed by atoms with E-state index in [9.17, 15) is 0 Å².